The molecule has 3 heterocycles. The predicted octanol–water partition coefficient (Wildman–Crippen LogP) is 3.14. The molecule has 124 valence electrons. The summed E-state index contributed by atoms with van der Waals surface area (Å²) in [7, 11) is 0. The molecule has 0 saturated carbocycles. The van der Waals surface area contributed by atoms with Gasteiger partial charge in [-0.1, -0.05) is 30.3 Å². The highest BCUT2D eigenvalue weighted by atomic mass is 16.3. The summed E-state index contributed by atoms with van der Waals surface area (Å²) in [6.45, 7) is 1.23. The van der Waals surface area contributed by atoms with E-state index in [4.69, 9.17) is 0 Å². The third-order valence-corrected chi connectivity index (χ3v) is 4.85. The fourth-order valence-electron chi connectivity index (χ4n) is 3.67. The molecular formula is C19H22N4O. The van der Waals surface area contributed by atoms with E-state index in [9.17, 15) is 5.11 Å². The molecule has 4 rings (SSSR count). The average molecular weight is 322 g/mol. The van der Waals surface area contributed by atoms with Gasteiger partial charge in [-0.15, -0.1) is 0 Å². The van der Waals surface area contributed by atoms with Gasteiger partial charge in [0.05, 0.1) is 6.20 Å². The number of aliphatic hydroxyl groups excluding tert-OH is 1. The highest BCUT2D eigenvalue weighted by Gasteiger charge is 2.24. The van der Waals surface area contributed by atoms with Crippen LogP contribution >= 0.6 is 0 Å². The normalized spacial score (nSPS) is 18.2. The zero-order valence-electron chi connectivity index (χ0n) is 13.7. The number of aromatic nitrogens is 3. The van der Waals surface area contributed by atoms with Crippen molar-refractivity contribution < 1.29 is 5.11 Å². The van der Waals surface area contributed by atoms with E-state index in [2.05, 4.69) is 27.1 Å². The fourth-order valence-corrected chi connectivity index (χ4v) is 3.67. The van der Waals surface area contributed by atoms with Crippen molar-refractivity contribution in [3.05, 3.63) is 48.8 Å². The molecule has 0 aliphatic carbocycles. The second-order valence-corrected chi connectivity index (χ2v) is 6.32. The quantitative estimate of drug-likeness (QED) is 0.802. The first kappa shape index (κ1) is 15.1. The van der Waals surface area contributed by atoms with Gasteiger partial charge < -0.3 is 10.0 Å². The highest BCUT2D eigenvalue weighted by molar-refractivity contribution is 5.77. The van der Waals surface area contributed by atoms with E-state index in [-0.39, 0.29) is 6.61 Å². The van der Waals surface area contributed by atoms with E-state index in [1.807, 2.05) is 41.2 Å². The van der Waals surface area contributed by atoms with Crippen molar-refractivity contribution in [1.82, 2.24) is 14.6 Å². The van der Waals surface area contributed by atoms with Crippen LogP contribution in [0.3, 0.4) is 0 Å². The maximum absolute atomic E-state index is 9.39. The van der Waals surface area contributed by atoms with Gasteiger partial charge in [-0.3, -0.25) is 0 Å². The van der Waals surface area contributed by atoms with Gasteiger partial charge in [0.2, 0.25) is 0 Å². The number of anilines is 1. The van der Waals surface area contributed by atoms with Crippen LogP contribution in [0, 0.1) is 0 Å². The molecule has 1 atom stereocenters. The molecule has 5 heteroatoms. The molecule has 24 heavy (non-hydrogen) atoms. The summed E-state index contributed by atoms with van der Waals surface area (Å²) >= 11 is 0. The number of rotatable bonds is 4. The predicted molar refractivity (Wildman–Crippen MR) is 95.1 cm³/mol. The zero-order chi connectivity index (χ0) is 16.4. The average Bonchev–Trinajstić information content (AvgIpc) is 3.07. The maximum atomic E-state index is 9.39. The lowest BCUT2D eigenvalue weighted by atomic mass is 9.99. The molecule has 1 N–H and O–H groups in total. The monoisotopic (exact) mass is 322 g/mol. The highest BCUT2D eigenvalue weighted by Crippen LogP contribution is 2.29. The summed E-state index contributed by atoms with van der Waals surface area (Å²) in [6.07, 6.45) is 8.09. The Morgan fingerprint density at radius 1 is 1.12 bits per heavy atom. The molecule has 1 aromatic carbocycles. The van der Waals surface area contributed by atoms with E-state index in [1.54, 1.807) is 0 Å². The van der Waals surface area contributed by atoms with Gasteiger partial charge in [0.25, 0.3) is 0 Å². The van der Waals surface area contributed by atoms with Crippen molar-refractivity contribution in [1.29, 1.82) is 0 Å². The summed E-state index contributed by atoms with van der Waals surface area (Å²) in [4.78, 5) is 6.95. The molecule has 1 aliphatic heterocycles. The topological polar surface area (TPSA) is 53.7 Å². The Morgan fingerprint density at radius 2 is 2.00 bits per heavy atom. The smallest absolute Gasteiger partial charge is 0.165 e. The van der Waals surface area contributed by atoms with Crippen LogP contribution in [0.5, 0.6) is 0 Å². The third kappa shape index (κ3) is 2.65. The second-order valence-electron chi connectivity index (χ2n) is 6.32. The molecule has 1 aliphatic rings. The maximum Gasteiger partial charge on any atom is 0.165 e. The summed E-state index contributed by atoms with van der Waals surface area (Å²) in [5.74, 6) is 1.07. The minimum Gasteiger partial charge on any atom is -0.396 e. The van der Waals surface area contributed by atoms with Gasteiger partial charge in [-0.25, -0.2) is 4.98 Å². The van der Waals surface area contributed by atoms with Crippen molar-refractivity contribution in [3.8, 4) is 11.1 Å². The van der Waals surface area contributed by atoms with Crippen molar-refractivity contribution in [2.75, 3.05) is 18.1 Å². The van der Waals surface area contributed by atoms with Gasteiger partial charge in [-0.2, -0.15) is 9.61 Å². The molecule has 5 nitrogen and oxygen atoms in total. The van der Waals surface area contributed by atoms with E-state index in [1.165, 1.54) is 12.8 Å². The Labute approximate surface area is 141 Å². The van der Waals surface area contributed by atoms with Crippen LogP contribution in [0.2, 0.25) is 0 Å². The van der Waals surface area contributed by atoms with Crippen molar-refractivity contribution in [2.24, 2.45) is 0 Å². The van der Waals surface area contributed by atoms with E-state index >= 15 is 0 Å². The number of benzene rings is 1. The van der Waals surface area contributed by atoms with Gasteiger partial charge in [0.1, 0.15) is 5.82 Å². The van der Waals surface area contributed by atoms with Crippen molar-refractivity contribution in [3.63, 3.8) is 0 Å². The molecular weight excluding hydrogens is 300 g/mol. The number of aliphatic hydroxyl groups is 1. The largest absolute Gasteiger partial charge is 0.396 e. The number of fused-ring (bicyclic) bond motifs is 1. The minimum absolute atomic E-state index is 0.226. The van der Waals surface area contributed by atoms with Gasteiger partial charge in [0.15, 0.2) is 5.65 Å². The Morgan fingerprint density at radius 3 is 2.83 bits per heavy atom. The standard InChI is InChI=1S/C19H22N4O/c24-13-10-16-8-4-5-12-22(16)18-9-11-20-19-17(14-21-23(18)19)15-6-2-1-3-7-15/h1-3,6-7,9,11,14,16,24H,4-5,8,10,12-13H2. The summed E-state index contributed by atoms with van der Waals surface area (Å²) in [5.41, 5.74) is 3.06. The van der Waals surface area contributed by atoms with Crippen LogP contribution in [-0.2, 0) is 0 Å². The van der Waals surface area contributed by atoms with Crippen LogP contribution in [-0.4, -0.2) is 38.9 Å². The van der Waals surface area contributed by atoms with Crippen molar-refractivity contribution >= 4 is 11.5 Å². The number of hydrogen-bond donors (Lipinski definition) is 1. The number of piperidine rings is 1. The Bertz CT molecular complexity index is 813. The van der Waals surface area contributed by atoms with Crippen LogP contribution in [0.25, 0.3) is 16.8 Å². The Kier molecular flexibility index (Phi) is 4.17. The first-order valence-electron chi connectivity index (χ1n) is 8.64. The second kappa shape index (κ2) is 6.61. The van der Waals surface area contributed by atoms with Gasteiger partial charge in [0, 0.05) is 31.0 Å². The van der Waals surface area contributed by atoms with Crippen molar-refractivity contribution in [2.45, 2.75) is 31.7 Å². The molecule has 1 unspecified atom stereocenters. The Hall–Kier alpha value is -2.40. The van der Waals surface area contributed by atoms with E-state index in [0.717, 1.165) is 42.0 Å². The number of nitrogens with zero attached hydrogens (tertiary/aromatic N) is 4. The SMILES string of the molecule is OCCC1CCCCN1c1ccnc2c(-c3ccccc3)cnn12. The fraction of sp³-hybridized carbons (Fsp3) is 0.368. The summed E-state index contributed by atoms with van der Waals surface area (Å²) in [5, 5.41) is 14.0. The molecule has 0 spiro atoms. The number of hydrogen-bond acceptors (Lipinski definition) is 4. The van der Waals surface area contributed by atoms with Crippen LogP contribution in [0.4, 0.5) is 5.82 Å². The molecule has 0 radical (unpaired) electrons. The minimum atomic E-state index is 0.226. The first-order chi connectivity index (χ1) is 11.9. The lowest BCUT2D eigenvalue weighted by Crippen LogP contribution is -2.41. The van der Waals surface area contributed by atoms with Crippen LogP contribution in [0.1, 0.15) is 25.7 Å². The first-order valence-corrected chi connectivity index (χ1v) is 8.64. The molecule has 1 fully saturated rings. The Balaban J connectivity index is 1.78. The van der Waals surface area contributed by atoms with Gasteiger partial charge in [-0.05, 0) is 37.3 Å². The van der Waals surface area contributed by atoms with Crippen LogP contribution in [0.15, 0.2) is 48.8 Å². The lowest BCUT2D eigenvalue weighted by Gasteiger charge is -2.37. The van der Waals surface area contributed by atoms with E-state index < -0.39 is 0 Å². The molecule has 0 bridgehead atoms. The lowest BCUT2D eigenvalue weighted by molar-refractivity contribution is 0.262. The molecule has 0 amide bonds. The van der Waals surface area contributed by atoms with Gasteiger partial charge >= 0.3 is 0 Å². The van der Waals surface area contributed by atoms with Crippen LogP contribution < -0.4 is 4.90 Å². The zero-order valence-corrected chi connectivity index (χ0v) is 13.7. The summed E-state index contributed by atoms with van der Waals surface area (Å²) < 4.78 is 1.94. The molecule has 3 aromatic rings. The summed E-state index contributed by atoms with van der Waals surface area (Å²) in [6, 6.07) is 12.7. The van der Waals surface area contributed by atoms with E-state index in [0.29, 0.717) is 6.04 Å². The molecule has 2 aromatic heterocycles. The third-order valence-electron chi connectivity index (χ3n) is 4.85. The molecule has 1 saturated heterocycles.